The number of carbonyl (C=O) groups excluding carboxylic acids is 2. The summed E-state index contributed by atoms with van der Waals surface area (Å²) in [6, 6.07) is 2.84. The van der Waals surface area contributed by atoms with Gasteiger partial charge in [-0.2, -0.15) is 0 Å². The minimum Gasteiger partial charge on any atom is -0.512 e. The molecule has 1 aromatic carbocycles. The second kappa shape index (κ2) is 8.70. The smallest absolute Gasteiger partial charge is 0.343 e. The second-order valence-corrected chi connectivity index (χ2v) is 5.89. The van der Waals surface area contributed by atoms with Gasteiger partial charge in [0, 0.05) is 18.3 Å². The third kappa shape index (κ3) is 5.25. The lowest BCUT2D eigenvalue weighted by atomic mass is 10.2. The van der Waals surface area contributed by atoms with E-state index in [0.29, 0.717) is 0 Å². The summed E-state index contributed by atoms with van der Waals surface area (Å²) in [7, 11) is 1.46. The van der Waals surface area contributed by atoms with E-state index >= 15 is 0 Å². The summed E-state index contributed by atoms with van der Waals surface area (Å²) in [5, 5.41) is 12.4. The zero-order valence-corrected chi connectivity index (χ0v) is 15.2. The number of allylic oxidation sites excluding steroid dienone is 1. The monoisotopic (exact) mass is 372 g/mol. The molecule has 0 atom stereocenters. The fourth-order valence-corrected chi connectivity index (χ4v) is 2.13. The minimum absolute atomic E-state index is 0.0715. The summed E-state index contributed by atoms with van der Waals surface area (Å²) < 4.78 is 5.02. The Morgan fingerprint density at radius 3 is 2.46 bits per heavy atom. The standard InChI is InChI=1S/C16H18Cl2N2O4/c1-8(2)24-16(23)12(9(3)21)7-20-13-6-10(17)5-11(14(13)18)15(22)19-4/h5-8,21H,1-4H3,(H,19,22). The predicted octanol–water partition coefficient (Wildman–Crippen LogP) is 3.84. The van der Waals surface area contributed by atoms with Crippen LogP contribution in [0, 0.1) is 0 Å². The Kier molecular flexibility index (Phi) is 7.25. The number of esters is 1. The molecule has 1 rings (SSSR count). The van der Waals surface area contributed by atoms with Gasteiger partial charge in [0.05, 0.1) is 22.4 Å². The first-order valence-electron chi connectivity index (χ1n) is 7.03. The van der Waals surface area contributed by atoms with Gasteiger partial charge in [-0.25, -0.2) is 4.79 Å². The van der Waals surface area contributed by atoms with Crippen molar-refractivity contribution in [1.29, 1.82) is 0 Å². The summed E-state index contributed by atoms with van der Waals surface area (Å²) in [6.45, 7) is 4.70. The average molecular weight is 373 g/mol. The molecular weight excluding hydrogens is 355 g/mol. The molecule has 1 aromatic rings. The highest BCUT2D eigenvalue weighted by Gasteiger charge is 2.16. The van der Waals surface area contributed by atoms with Crippen LogP contribution in [0.5, 0.6) is 0 Å². The van der Waals surface area contributed by atoms with E-state index < -0.39 is 11.9 Å². The highest BCUT2D eigenvalue weighted by atomic mass is 35.5. The van der Waals surface area contributed by atoms with Crippen molar-refractivity contribution in [2.45, 2.75) is 26.9 Å². The first kappa shape index (κ1) is 20.0. The lowest BCUT2D eigenvalue weighted by Crippen LogP contribution is -2.18. The maximum atomic E-state index is 11.9. The molecule has 0 aliphatic rings. The molecule has 130 valence electrons. The fourth-order valence-electron chi connectivity index (χ4n) is 1.67. The third-order valence-electron chi connectivity index (χ3n) is 2.78. The molecule has 2 N–H and O–H groups in total. The van der Waals surface area contributed by atoms with Crippen LogP contribution in [0.15, 0.2) is 28.5 Å². The van der Waals surface area contributed by atoms with E-state index in [9.17, 15) is 14.7 Å². The van der Waals surface area contributed by atoms with Gasteiger partial charge in [-0.05, 0) is 32.9 Å². The first-order chi connectivity index (χ1) is 11.2. The van der Waals surface area contributed by atoms with E-state index in [2.05, 4.69) is 10.3 Å². The number of ether oxygens (including phenoxy) is 1. The van der Waals surface area contributed by atoms with Crippen LogP contribution in [-0.2, 0) is 9.53 Å². The van der Waals surface area contributed by atoms with Crippen molar-refractivity contribution < 1.29 is 19.4 Å². The molecule has 0 saturated carbocycles. The molecule has 0 aromatic heterocycles. The fraction of sp³-hybridized carbons (Fsp3) is 0.312. The van der Waals surface area contributed by atoms with Gasteiger partial charge < -0.3 is 15.2 Å². The molecule has 0 radical (unpaired) electrons. The maximum absolute atomic E-state index is 11.9. The molecule has 0 aliphatic heterocycles. The second-order valence-electron chi connectivity index (χ2n) is 5.08. The lowest BCUT2D eigenvalue weighted by Gasteiger charge is -2.09. The molecule has 1 amide bonds. The van der Waals surface area contributed by atoms with Gasteiger partial charge in [0.15, 0.2) is 0 Å². The number of nitrogens with one attached hydrogen (secondary N) is 1. The Labute approximate surface area is 150 Å². The Morgan fingerprint density at radius 1 is 1.33 bits per heavy atom. The number of benzene rings is 1. The molecule has 0 bridgehead atoms. The van der Waals surface area contributed by atoms with Crippen molar-refractivity contribution in [3.63, 3.8) is 0 Å². The number of hydrogen-bond donors (Lipinski definition) is 2. The van der Waals surface area contributed by atoms with Gasteiger partial charge >= 0.3 is 5.97 Å². The number of nitrogens with zero attached hydrogens (tertiary/aromatic N) is 1. The van der Waals surface area contributed by atoms with Gasteiger partial charge in [-0.1, -0.05) is 23.2 Å². The molecule has 0 aliphatic carbocycles. The van der Waals surface area contributed by atoms with E-state index in [-0.39, 0.29) is 38.7 Å². The zero-order chi connectivity index (χ0) is 18.4. The van der Waals surface area contributed by atoms with E-state index in [0.717, 1.165) is 6.21 Å². The van der Waals surface area contributed by atoms with E-state index in [1.165, 1.54) is 26.1 Å². The third-order valence-corrected chi connectivity index (χ3v) is 3.39. The SMILES string of the molecule is CNC(=O)c1cc(Cl)cc(N=CC(C(=O)OC(C)C)=C(C)O)c1Cl. The molecule has 0 heterocycles. The lowest BCUT2D eigenvalue weighted by molar-refractivity contribution is -0.142. The first-order valence-corrected chi connectivity index (χ1v) is 7.79. The molecule has 6 nitrogen and oxygen atoms in total. The number of aliphatic hydroxyl groups is 1. The highest BCUT2D eigenvalue weighted by molar-refractivity contribution is 6.38. The van der Waals surface area contributed by atoms with Crippen LogP contribution in [-0.4, -0.2) is 36.3 Å². The number of hydrogen-bond acceptors (Lipinski definition) is 5. The van der Waals surface area contributed by atoms with Crippen LogP contribution >= 0.6 is 23.2 Å². The number of aliphatic hydroxyl groups excluding tert-OH is 1. The Bertz CT molecular complexity index is 708. The van der Waals surface area contributed by atoms with E-state index in [1.807, 2.05) is 0 Å². The summed E-state index contributed by atoms with van der Waals surface area (Å²) in [6.07, 6.45) is 0.764. The Morgan fingerprint density at radius 2 is 1.96 bits per heavy atom. The number of carbonyl (C=O) groups is 2. The quantitative estimate of drug-likeness (QED) is 0.355. The molecule has 8 heteroatoms. The van der Waals surface area contributed by atoms with Crippen molar-refractivity contribution in [2.75, 3.05) is 7.05 Å². The topological polar surface area (TPSA) is 88.0 Å². The average Bonchev–Trinajstić information content (AvgIpc) is 2.48. The molecule has 0 saturated heterocycles. The van der Waals surface area contributed by atoms with E-state index in [4.69, 9.17) is 27.9 Å². The van der Waals surface area contributed by atoms with Crippen LogP contribution in [0.3, 0.4) is 0 Å². The van der Waals surface area contributed by atoms with Gasteiger partial charge in [0.25, 0.3) is 5.91 Å². The van der Waals surface area contributed by atoms with Gasteiger partial charge in [0.2, 0.25) is 0 Å². The largest absolute Gasteiger partial charge is 0.512 e. The highest BCUT2D eigenvalue weighted by Crippen LogP contribution is 2.32. The zero-order valence-electron chi connectivity index (χ0n) is 13.7. The normalized spacial score (nSPS) is 12.3. The van der Waals surface area contributed by atoms with Crippen molar-refractivity contribution in [2.24, 2.45) is 4.99 Å². The van der Waals surface area contributed by atoms with Crippen molar-refractivity contribution >= 4 is 47.0 Å². The predicted molar refractivity (Wildman–Crippen MR) is 94.6 cm³/mol. The summed E-state index contributed by atoms with van der Waals surface area (Å²) in [5.41, 5.74) is 0.204. The minimum atomic E-state index is -0.724. The molecular formula is C16H18Cl2N2O4. The molecule has 0 spiro atoms. The van der Waals surface area contributed by atoms with Crippen LogP contribution < -0.4 is 5.32 Å². The van der Waals surface area contributed by atoms with Gasteiger partial charge in [-0.3, -0.25) is 9.79 Å². The van der Waals surface area contributed by atoms with Crippen LogP contribution in [0.4, 0.5) is 5.69 Å². The number of aliphatic imine (C=N–C) groups is 1. The van der Waals surface area contributed by atoms with Gasteiger partial charge in [-0.15, -0.1) is 0 Å². The summed E-state index contributed by atoms with van der Waals surface area (Å²) in [4.78, 5) is 27.8. The van der Waals surface area contributed by atoms with Crippen molar-refractivity contribution in [3.8, 4) is 0 Å². The van der Waals surface area contributed by atoms with Crippen LogP contribution in [0.1, 0.15) is 31.1 Å². The van der Waals surface area contributed by atoms with Crippen LogP contribution in [0.2, 0.25) is 10.0 Å². The van der Waals surface area contributed by atoms with E-state index in [1.54, 1.807) is 13.8 Å². The summed E-state index contributed by atoms with van der Waals surface area (Å²) >= 11 is 12.1. The Balaban J connectivity index is 3.26. The summed E-state index contributed by atoms with van der Waals surface area (Å²) in [5.74, 6) is -1.40. The molecule has 0 fully saturated rings. The van der Waals surface area contributed by atoms with Crippen molar-refractivity contribution in [1.82, 2.24) is 5.32 Å². The maximum Gasteiger partial charge on any atom is 0.343 e. The van der Waals surface area contributed by atoms with Gasteiger partial charge in [0.1, 0.15) is 11.3 Å². The number of halogens is 2. The Hall–Kier alpha value is -2.05. The van der Waals surface area contributed by atoms with Crippen molar-refractivity contribution in [3.05, 3.63) is 39.1 Å². The molecule has 24 heavy (non-hydrogen) atoms. The number of amides is 1. The van der Waals surface area contributed by atoms with Crippen LogP contribution in [0.25, 0.3) is 0 Å². The molecule has 0 unspecified atom stereocenters. The number of rotatable bonds is 5.